The Morgan fingerprint density at radius 2 is 1.82 bits per heavy atom. The molecule has 0 radical (unpaired) electrons. The van der Waals surface area contributed by atoms with Crippen molar-refractivity contribution in [3.05, 3.63) is 53.7 Å². The SMILES string of the molecule is CC(C)(C)OC(=O)c1ccc(Sc2ccc(C=O)cn2)cc1. The molecule has 0 saturated carbocycles. The molecular formula is C17H17NO3S. The van der Waals surface area contributed by atoms with E-state index in [4.69, 9.17) is 4.74 Å². The number of carbonyl (C=O) groups excluding carboxylic acids is 2. The van der Waals surface area contributed by atoms with Gasteiger partial charge >= 0.3 is 5.97 Å². The molecule has 0 N–H and O–H groups in total. The fourth-order valence-corrected chi connectivity index (χ4v) is 2.39. The lowest BCUT2D eigenvalue weighted by Crippen LogP contribution is -2.23. The highest BCUT2D eigenvalue weighted by molar-refractivity contribution is 7.99. The summed E-state index contributed by atoms with van der Waals surface area (Å²) in [4.78, 5) is 27.7. The summed E-state index contributed by atoms with van der Waals surface area (Å²) >= 11 is 1.46. The molecule has 22 heavy (non-hydrogen) atoms. The average Bonchev–Trinajstić information content (AvgIpc) is 2.47. The van der Waals surface area contributed by atoms with E-state index in [0.29, 0.717) is 11.1 Å². The number of ether oxygens (including phenoxy) is 1. The first kappa shape index (κ1) is 16.2. The summed E-state index contributed by atoms with van der Waals surface area (Å²) in [7, 11) is 0. The number of nitrogens with zero attached hydrogens (tertiary/aromatic N) is 1. The van der Waals surface area contributed by atoms with E-state index in [2.05, 4.69) is 4.98 Å². The molecule has 0 aliphatic rings. The van der Waals surface area contributed by atoms with Gasteiger partial charge in [-0.1, -0.05) is 11.8 Å². The molecule has 0 aliphatic heterocycles. The first-order valence-corrected chi connectivity index (χ1v) is 7.61. The van der Waals surface area contributed by atoms with Gasteiger partial charge in [0, 0.05) is 16.7 Å². The molecule has 0 unspecified atom stereocenters. The quantitative estimate of drug-likeness (QED) is 0.630. The minimum absolute atomic E-state index is 0.336. The Morgan fingerprint density at radius 3 is 2.32 bits per heavy atom. The molecule has 5 heteroatoms. The van der Waals surface area contributed by atoms with Gasteiger partial charge in [0.2, 0.25) is 0 Å². The molecule has 0 bridgehead atoms. The van der Waals surface area contributed by atoms with Gasteiger partial charge < -0.3 is 4.74 Å². The van der Waals surface area contributed by atoms with Crippen molar-refractivity contribution in [3.63, 3.8) is 0 Å². The predicted molar refractivity (Wildman–Crippen MR) is 85.4 cm³/mol. The lowest BCUT2D eigenvalue weighted by Gasteiger charge is -2.19. The molecule has 0 aliphatic carbocycles. The number of rotatable bonds is 4. The molecule has 0 spiro atoms. The number of aromatic nitrogens is 1. The van der Waals surface area contributed by atoms with Crippen LogP contribution in [0, 0.1) is 0 Å². The van der Waals surface area contributed by atoms with Crippen molar-refractivity contribution in [2.75, 3.05) is 0 Å². The van der Waals surface area contributed by atoms with Gasteiger partial charge in [-0.15, -0.1) is 0 Å². The smallest absolute Gasteiger partial charge is 0.338 e. The minimum Gasteiger partial charge on any atom is -0.456 e. The van der Waals surface area contributed by atoms with Gasteiger partial charge in [0.25, 0.3) is 0 Å². The molecule has 1 aromatic carbocycles. The number of carbonyl (C=O) groups is 2. The normalized spacial score (nSPS) is 11.0. The molecular weight excluding hydrogens is 298 g/mol. The van der Waals surface area contributed by atoms with Crippen LogP contribution in [-0.2, 0) is 4.74 Å². The third-order valence-corrected chi connectivity index (χ3v) is 3.57. The van der Waals surface area contributed by atoms with E-state index < -0.39 is 5.60 Å². The monoisotopic (exact) mass is 315 g/mol. The molecule has 1 aromatic heterocycles. The summed E-state index contributed by atoms with van der Waals surface area (Å²) in [5.74, 6) is -0.336. The van der Waals surface area contributed by atoms with Crippen LogP contribution in [0.5, 0.6) is 0 Å². The summed E-state index contributed by atoms with van der Waals surface area (Å²) in [5.41, 5.74) is 0.558. The van der Waals surface area contributed by atoms with E-state index in [0.717, 1.165) is 16.2 Å². The van der Waals surface area contributed by atoms with Gasteiger partial charge in [0.05, 0.1) is 5.56 Å². The van der Waals surface area contributed by atoms with E-state index >= 15 is 0 Å². The Morgan fingerprint density at radius 1 is 1.14 bits per heavy atom. The van der Waals surface area contributed by atoms with Crippen molar-refractivity contribution in [3.8, 4) is 0 Å². The van der Waals surface area contributed by atoms with Gasteiger partial charge in [-0.2, -0.15) is 0 Å². The molecule has 0 amide bonds. The van der Waals surface area contributed by atoms with E-state index in [9.17, 15) is 9.59 Å². The maximum atomic E-state index is 11.9. The van der Waals surface area contributed by atoms with Gasteiger partial charge in [0.1, 0.15) is 10.6 Å². The lowest BCUT2D eigenvalue weighted by molar-refractivity contribution is 0.00694. The second-order valence-electron chi connectivity index (χ2n) is 5.68. The highest BCUT2D eigenvalue weighted by Gasteiger charge is 2.17. The van der Waals surface area contributed by atoms with Crippen LogP contribution in [-0.4, -0.2) is 22.8 Å². The Labute approximate surface area is 133 Å². The minimum atomic E-state index is -0.505. The molecule has 4 nitrogen and oxygen atoms in total. The molecule has 2 rings (SSSR count). The number of aldehydes is 1. The zero-order chi connectivity index (χ0) is 16.2. The van der Waals surface area contributed by atoms with Crippen LogP contribution in [0.4, 0.5) is 0 Å². The number of esters is 1. The Hall–Kier alpha value is -2.14. The Kier molecular flexibility index (Phi) is 4.98. The number of hydrogen-bond donors (Lipinski definition) is 0. The topological polar surface area (TPSA) is 56.3 Å². The molecule has 1 heterocycles. The fourth-order valence-electron chi connectivity index (χ4n) is 1.64. The molecule has 114 valence electrons. The maximum absolute atomic E-state index is 11.9. The van der Waals surface area contributed by atoms with Crippen molar-refractivity contribution in [2.45, 2.75) is 36.3 Å². The summed E-state index contributed by atoms with van der Waals surface area (Å²) in [6.45, 7) is 5.51. The van der Waals surface area contributed by atoms with E-state index in [-0.39, 0.29) is 5.97 Å². The van der Waals surface area contributed by atoms with Gasteiger partial charge in [-0.05, 0) is 57.2 Å². The zero-order valence-corrected chi connectivity index (χ0v) is 13.5. The predicted octanol–water partition coefficient (Wildman–Crippen LogP) is 4.00. The first-order chi connectivity index (χ1) is 10.4. The number of pyridine rings is 1. The maximum Gasteiger partial charge on any atom is 0.338 e. The van der Waals surface area contributed by atoms with Crippen molar-refractivity contribution in [1.82, 2.24) is 4.98 Å². The largest absolute Gasteiger partial charge is 0.456 e. The average molecular weight is 315 g/mol. The van der Waals surface area contributed by atoms with Crippen molar-refractivity contribution in [2.24, 2.45) is 0 Å². The molecule has 0 saturated heterocycles. The first-order valence-electron chi connectivity index (χ1n) is 6.80. The van der Waals surface area contributed by atoms with Crippen LogP contribution in [0.2, 0.25) is 0 Å². The van der Waals surface area contributed by atoms with Crippen molar-refractivity contribution < 1.29 is 14.3 Å². The van der Waals surface area contributed by atoms with Crippen molar-refractivity contribution in [1.29, 1.82) is 0 Å². The second kappa shape index (κ2) is 6.75. The van der Waals surface area contributed by atoms with Crippen molar-refractivity contribution >= 4 is 24.0 Å². The summed E-state index contributed by atoms with van der Waals surface area (Å²) < 4.78 is 5.32. The highest BCUT2D eigenvalue weighted by Crippen LogP contribution is 2.26. The van der Waals surface area contributed by atoms with Crippen LogP contribution in [0.3, 0.4) is 0 Å². The molecule has 0 fully saturated rings. The number of benzene rings is 1. The van der Waals surface area contributed by atoms with Crippen LogP contribution in [0.15, 0.2) is 52.5 Å². The van der Waals surface area contributed by atoms with Crippen LogP contribution in [0.25, 0.3) is 0 Å². The summed E-state index contributed by atoms with van der Waals surface area (Å²) in [6.07, 6.45) is 2.29. The number of hydrogen-bond acceptors (Lipinski definition) is 5. The third kappa shape index (κ3) is 4.70. The van der Waals surface area contributed by atoms with E-state index in [1.54, 1.807) is 24.3 Å². The lowest BCUT2D eigenvalue weighted by atomic mass is 10.2. The summed E-state index contributed by atoms with van der Waals surface area (Å²) in [6, 6.07) is 10.7. The van der Waals surface area contributed by atoms with Crippen LogP contribution >= 0.6 is 11.8 Å². The third-order valence-electron chi connectivity index (χ3n) is 2.61. The van der Waals surface area contributed by atoms with E-state index in [1.165, 1.54) is 18.0 Å². The van der Waals surface area contributed by atoms with Gasteiger partial charge in [-0.25, -0.2) is 9.78 Å². The molecule has 0 atom stereocenters. The zero-order valence-electron chi connectivity index (χ0n) is 12.7. The Bertz CT molecular complexity index is 658. The van der Waals surface area contributed by atoms with E-state index in [1.807, 2.05) is 32.9 Å². The van der Waals surface area contributed by atoms with Crippen LogP contribution in [0.1, 0.15) is 41.5 Å². The molecule has 2 aromatic rings. The fraction of sp³-hybridized carbons (Fsp3) is 0.235. The standard InChI is InChI=1S/C17H17NO3S/c1-17(2,3)21-16(20)13-5-7-14(8-6-13)22-15-9-4-12(11-19)10-18-15/h4-11H,1-3H3. The highest BCUT2D eigenvalue weighted by atomic mass is 32.2. The Balaban J connectivity index is 2.05. The van der Waals surface area contributed by atoms with Gasteiger partial charge in [-0.3, -0.25) is 4.79 Å². The second-order valence-corrected chi connectivity index (χ2v) is 6.77. The summed E-state index contributed by atoms with van der Waals surface area (Å²) in [5, 5.41) is 0.788. The van der Waals surface area contributed by atoms with Gasteiger partial charge in [0.15, 0.2) is 6.29 Å². The van der Waals surface area contributed by atoms with Crippen LogP contribution < -0.4 is 0 Å².